The number of rotatable bonds is 4. The van der Waals surface area contributed by atoms with E-state index in [0.29, 0.717) is 11.0 Å². The van der Waals surface area contributed by atoms with Crippen molar-refractivity contribution in [2.24, 2.45) is 0 Å². The lowest BCUT2D eigenvalue weighted by molar-refractivity contribution is 0.0601. The third-order valence-electron chi connectivity index (χ3n) is 2.46. The molecule has 0 aliphatic heterocycles. The molecule has 0 saturated heterocycles. The van der Waals surface area contributed by atoms with Gasteiger partial charge in [-0.3, -0.25) is 4.31 Å². The van der Waals surface area contributed by atoms with Gasteiger partial charge in [0.1, 0.15) is 0 Å². The first-order valence-electron chi connectivity index (χ1n) is 5.02. The highest BCUT2D eigenvalue weighted by atomic mass is 79.9. The van der Waals surface area contributed by atoms with Crippen LogP contribution < -0.4 is 4.31 Å². The first-order chi connectivity index (χ1) is 8.31. The van der Waals surface area contributed by atoms with Crippen LogP contribution in [0.2, 0.25) is 0 Å². The lowest BCUT2D eigenvalue weighted by atomic mass is 10.1. The number of ether oxygens (including phenoxy) is 1. The highest BCUT2D eigenvalue weighted by molar-refractivity contribution is 9.08. The van der Waals surface area contributed by atoms with Gasteiger partial charge in [0.05, 0.1) is 24.6 Å². The van der Waals surface area contributed by atoms with Crippen LogP contribution in [0.15, 0.2) is 18.2 Å². The first kappa shape index (κ1) is 15.0. The van der Waals surface area contributed by atoms with Crippen LogP contribution in [-0.2, 0) is 20.1 Å². The minimum atomic E-state index is -3.43. The molecule has 0 aromatic heterocycles. The average Bonchev–Trinajstić information content (AvgIpc) is 2.35. The van der Waals surface area contributed by atoms with E-state index in [2.05, 4.69) is 20.7 Å². The summed E-state index contributed by atoms with van der Waals surface area (Å²) in [6.07, 6.45) is 1.08. The molecular formula is C11H14BrNO4S. The van der Waals surface area contributed by atoms with Crippen molar-refractivity contribution in [2.45, 2.75) is 5.33 Å². The number of nitrogens with zero attached hydrogens (tertiary/aromatic N) is 1. The molecule has 18 heavy (non-hydrogen) atoms. The fraction of sp³-hybridized carbons (Fsp3) is 0.364. The molecule has 0 N–H and O–H groups in total. The van der Waals surface area contributed by atoms with Gasteiger partial charge in [0.2, 0.25) is 10.0 Å². The van der Waals surface area contributed by atoms with E-state index in [9.17, 15) is 13.2 Å². The summed E-state index contributed by atoms with van der Waals surface area (Å²) in [6, 6.07) is 4.94. The maximum Gasteiger partial charge on any atom is 0.340 e. The van der Waals surface area contributed by atoms with Crippen LogP contribution in [-0.4, -0.2) is 34.8 Å². The normalized spacial score (nSPS) is 11.1. The van der Waals surface area contributed by atoms with Gasteiger partial charge in [-0.05, 0) is 17.7 Å². The fourth-order valence-corrected chi connectivity index (χ4v) is 2.26. The molecule has 0 aliphatic carbocycles. The van der Waals surface area contributed by atoms with Gasteiger partial charge in [-0.2, -0.15) is 0 Å². The maximum absolute atomic E-state index is 11.7. The van der Waals surface area contributed by atoms with E-state index in [-0.39, 0.29) is 5.56 Å². The third-order valence-corrected chi connectivity index (χ3v) is 4.30. The van der Waals surface area contributed by atoms with E-state index in [4.69, 9.17) is 0 Å². The van der Waals surface area contributed by atoms with Gasteiger partial charge in [0.15, 0.2) is 0 Å². The third kappa shape index (κ3) is 3.23. The maximum atomic E-state index is 11.7. The number of hydrogen-bond donors (Lipinski definition) is 0. The Morgan fingerprint density at radius 2 is 2.06 bits per heavy atom. The lowest BCUT2D eigenvalue weighted by Gasteiger charge is -2.19. The highest BCUT2D eigenvalue weighted by Crippen LogP contribution is 2.24. The molecule has 0 unspecified atom stereocenters. The number of halogens is 1. The summed E-state index contributed by atoms with van der Waals surface area (Å²) in [6.45, 7) is 0. The molecule has 0 aliphatic rings. The summed E-state index contributed by atoms with van der Waals surface area (Å²) < 4.78 is 28.7. The van der Waals surface area contributed by atoms with Gasteiger partial charge in [-0.15, -0.1) is 0 Å². The van der Waals surface area contributed by atoms with Crippen molar-refractivity contribution in [2.75, 3.05) is 24.7 Å². The molecule has 7 heteroatoms. The predicted octanol–water partition coefficient (Wildman–Crippen LogP) is 1.76. The molecule has 1 aromatic carbocycles. The second-order valence-corrected chi connectivity index (χ2v) is 6.28. The number of sulfonamides is 1. The van der Waals surface area contributed by atoms with Crippen LogP contribution in [0.3, 0.4) is 0 Å². The summed E-state index contributed by atoms with van der Waals surface area (Å²) in [4.78, 5) is 11.7. The quantitative estimate of drug-likeness (QED) is 0.621. The Kier molecular flexibility index (Phi) is 4.75. The molecule has 0 radical (unpaired) electrons. The van der Waals surface area contributed by atoms with Gasteiger partial charge in [-0.25, -0.2) is 13.2 Å². The van der Waals surface area contributed by atoms with Gasteiger partial charge in [0, 0.05) is 12.4 Å². The largest absolute Gasteiger partial charge is 0.465 e. The monoisotopic (exact) mass is 335 g/mol. The molecule has 5 nitrogen and oxygen atoms in total. The standard InChI is InChI=1S/C11H14BrNO4S/c1-13(18(3,15)16)10-5-4-8(7-12)6-9(10)11(14)17-2/h4-6H,7H2,1-3H3. The van der Waals surface area contributed by atoms with Gasteiger partial charge >= 0.3 is 5.97 Å². The van der Waals surface area contributed by atoms with E-state index >= 15 is 0 Å². The van der Waals surface area contributed by atoms with Crippen molar-refractivity contribution >= 4 is 37.6 Å². The van der Waals surface area contributed by atoms with Crippen molar-refractivity contribution in [1.29, 1.82) is 0 Å². The van der Waals surface area contributed by atoms with E-state index in [1.807, 2.05) is 0 Å². The molecule has 0 amide bonds. The first-order valence-corrected chi connectivity index (χ1v) is 7.99. The Hall–Kier alpha value is -1.08. The number of hydrogen-bond acceptors (Lipinski definition) is 4. The average molecular weight is 336 g/mol. The molecule has 100 valence electrons. The number of anilines is 1. The van der Waals surface area contributed by atoms with Crippen molar-refractivity contribution in [1.82, 2.24) is 0 Å². The predicted molar refractivity (Wildman–Crippen MR) is 73.7 cm³/mol. The zero-order valence-corrected chi connectivity index (χ0v) is 12.7. The number of benzene rings is 1. The molecule has 1 rings (SSSR count). The van der Waals surface area contributed by atoms with Crippen LogP contribution in [0, 0.1) is 0 Å². The fourth-order valence-electron chi connectivity index (χ4n) is 1.39. The van der Waals surface area contributed by atoms with Crippen molar-refractivity contribution in [3.8, 4) is 0 Å². The van der Waals surface area contributed by atoms with Crippen LogP contribution in [0.5, 0.6) is 0 Å². The van der Waals surface area contributed by atoms with Crippen LogP contribution in [0.4, 0.5) is 5.69 Å². The number of alkyl halides is 1. The Balaban J connectivity index is 3.39. The SMILES string of the molecule is COC(=O)c1cc(CBr)ccc1N(C)S(C)(=O)=O. The lowest BCUT2D eigenvalue weighted by Crippen LogP contribution is -2.27. The molecule has 0 fully saturated rings. The molecule has 0 heterocycles. The van der Waals surface area contributed by atoms with Crippen LogP contribution in [0.1, 0.15) is 15.9 Å². The summed E-state index contributed by atoms with van der Waals surface area (Å²) in [5, 5.41) is 0.569. The minimum Gasteiger partial charge on any atom is -0.465 e. The molecule has 1 aromatic rings. The summed E-state index contributed by atoms with van der Waals surface area (Å²) in [7, 11) is -0.775. The van der Waals surface area contributed by atoms with E-state index in [1.165, 1.54) is 14.2 Å². The molecule has 0 bridgehead atoms. The highest BCUT2D eigenvalue weighted by Gasteiger charge is 2.20. The zero-order chi connectivity index (χ0) is 13.9. The van der Waals surface area contributed by atoms with E-state index < -0.39 is 16.0 Å². The van der Waals surface area contributed by atoms with Crippen molar-refractivity contribution in [3.63, 3.8) is 0 Å². The summed E-state index contributed by atoms with van der Waals surface area (Å²) in [5.41, 5.74) is 1.39. The van der Waals surface area contributed by atoms with E-state index in [0.717, 1.165) is 16.1 Å². The Bertz CT molecular complexity index is 556. The Morgan fingerprint density at radius 3 is 2.50 bits per heavy atom. The van der Waals surface area contributed by atoms with Gasteiger partial charge < -0.3 is 4.74 Å². The van der Waals surface area contributed by atoms with Gasteiger partial charge in [-0.1, -0.05) is 22.0 Å². The number of esters is 1. The minimum absolute atomic E-state index is 0.224. The summed E-state index contributed by atoms with van der Waals surface area (Å²) >= 11 is 3.28. The number of carbonyl (C=O) groups is 1. The molecule has 0 spiro atoms. The van der Waals surface area contributed by atoms with Crippen molar-refractivity contribution in [3.05, 3.63) is 29.3 Å². The smallest absolute Gasteiger partial charge is 0.340 e. The zero-order valence-electron chi connectivity index (χ0n) is 10.3. The Morgan fingerprint density at radius 1 is 1.44 bits per heavy atom. The second-order valence-electron chi connectivity index (χ2n) is 3.71. The second kappa shape index (κ2) is 5.71. The van der Waals surface area contributed by atoms with Crippen LogP contribution in [0.25, 0.3) is 0 Å². The molecule has 0 saturated carbocycles. The number of methoxy groups -OCH3 is 1. The van der Waals surface area contributed by atoms with Crippen molar-refractivity contribution < 1.29 is 17.9 Å². The number of carbonyl (C=O) groups excluding carboxylic acids is 1. The molecule has 0 atom stereocenters. The van der Waals surface area contributed by atoms with E-state index in [1.54, 1.807) is 18.2 Å². The molecular weight excluding hydrogens is 322 g/mol. The Labute approximate surface area is 115 Å². The topological polar surface area (TPSA) is 63.7 Å². The van der Waals surface area contributed by atoms with Gasteiger partial charge in [0.25, 0.3) is 0 Å². The summed E-state index contributed by atoms with van der Waals surface area (Å²) in [5.74, 6) is -0.566. The van der Waals surface area contributed by atoms with Crippen LogP contribution >= 0.6 is 15.9 Å².